The minimum absolute atomic E-state index is 0.124. The van der Waals surface area contributed by atoms with Gasteiger partial charge < -0.3 is 25.4 Å². The van der Waals surface area contributed by atoms with Crippen LogP contribution in [0.1, 0.15) is 19.8 Å². The molecule has 0 bridgehead atoms. The second kappa shape index (κ2) is 9.80. The molecule has 2 aromatic carbocycles. The zero-order chi connectivity index (χ0) is 24.2. The largest absolute Gasteiger partial charge is 0.341 e. The first-order chi connectivity index (χ1) is 17.0. The first kappa shape index (κ1) is 22.3. The van der Waals surface area contributed by atoms with E-state index in [-0.39, 0.29) is 11.8 Å². The van der Waals surface area contributed by atoms with Crippen LogP contribution in [0.4, 0.5) is 28.8 Å². The van der Waals surface area contributed by atoms with Gasteiger partial charge in [0.25, 0.3) is 0 Å². The van der Waals surface area contributed by atoms with Crippen molar-refractivity contribution in [3.05, 3.63) is 60.9 Å². The molecular weight excluding hydrogens is 444 g/mol. The van der Waals surface area contributed by atoms with Gasteiger partial charge in [-0.3, -0.25) is 9.59 Å². The molecule has 35 heavy (non-hydrogen) atoms. The highest BCUT2D eigenvalue weighted by molar-refractivity contribution is 5.90. The number of carbonyl (C=O) groups excluding carboxylic acids is 2. The van der Waals surface area contributed by atoms with Crippen molar-refractivity contribution < 1.29 is 9.59 Å². The number of nitrogens with one attached hydrogen (secondary N) is 3. The molecular formula is C25H26N8O2. The van der Waals surface area contributed by atoms with Crippen LogP contribution in [0, 0.1) is 0 Å². The fourth-order valence-electron chi connectivity index (χ4n) is 4.05. The van der Waals surface area contributed by atoms with Crippen LogP contribution >= 0.6 is 0 Å². The monoisotopic (exact) mass is 470 g/mol. The third kappa shape index (κ3) is 5.21. The summed E-state index contributed by atoms with van der Waals surface area (Å²) < 4.78 is 1.95. The molecule has 10 nitrogen and oxygen atoms in total. The van der Waals surface area contributed by atoms with Crippen LogP contribution in [0.25, 0.3) is 11.2 Å². The van der Waals surface area contributed by atoms with E-state index in [1.807, 2.05) is 64.1 Å². The van der Waals surface area contributed by atoms with Crippen molar-refractivity contribution in [2.24, 2.45) is 0 Å². The van der Waals surface area contributed by atoms with Gasteiger partial charge in [0.2, 0.25) is 17.8 Å². The lowest BCUT2D eigenvalue weighted by atomic mass is 10.2. The van der Waals surface area contributed by atoms with Crippen LogP contribution in [0.2, 0.25) is 0 Å². The number of rotatable bonds is 8. The number of para-hydroxylation sites is 1. The van der Waals surface area contributed by atoms with E-state index in [4.69, 9.17) is 4.98 Å². The maximum absolute atomic E-state index is 12.0. The van der Waals surface area contributed by atoms with Crippen molar-refractivity contribution in [1.29, 1.82) is 0 Å². The van der Waals surface area contributed by atoms with Crippen molar-refractivity contribution in [3.63, 3.8) is 0 Å². The highest BCUT2D eigenvalue weighted by Gasteiger charge is 2.20. The highest BCUT2D eigenvalue weighted by Crippen LogP contribution is 2.26. The first-order valence-corrected chi connectivity index (χ1v) is 11.5. The van der Waals surface area contributed by atoms with E-state index >= 15 is 0 Å². The van der Waals surface area contributed by atoms with E-state index in [2.05, 4.69) is 25.9 Å². The van der Waals surface area contributed by atoms with Gasteiger partial charge in [-0.2, -0.15) is 9.97 Å². The van der Waals surface area contributed by atoms with Gasteiger partial charge in [0.15, 0.2) is 17.0 Å². The molecule has 0 aliphatic carbocycles. The number of hydrogen-bond acceptors (Lipinski definition) is 7. The lowest BCUT2D eigenvalue weighted by Gasteiger charge is -2.16. The summed E-state index contributed by atoms with van der Waals surface area (Å²) in [5.41, 5.74) is 3.67. The Morgan fingerprint density at radius 1 is 0.943 bits per heavy atom. The summed E-state index contributed by atoms with van der Waals surface area (Å²) >= 11 is 0. The Balaban J connectivity index is 1.45. The fourth-order valence-corrected chi connectivity index (χ4v) is 4.05. The number of carbonyl (C=O) groups is 2. The van der Waals surface area contributed by atoms with Crippen molar-refractivity contribution >= 4 is 51.8 Å². The molecule has 5 rings (SSSR count). The van der Waals surface area contributed by atoms with Gasteiger partial charge in [0.1, 0.15) is 0 Å². The lowest BCUT2D eigenvalue weighted by Crippen LogP contribution is -2.28. The Morgan fingerprint density at radius 3 is 2.40 bits per heavy atom. The Morgan fingerprint density at radius 2 is 1.69 bits per heavy atom. The summed E-state index contributed by atoms with van der Waals surface area (Å²) in [6, 6.07) is 17.1. The van der Waals surface area contributed by atoms with Gasteiger partial charge in [-0.1, -0.05) is 18.2 Å². The maximum Gasteiger partial charge on any atom is 0.231 e. The molecule has 10 heteroatoms. The molecule has 2 aromatic heterocycles. The number of fused-ring (bicyclic) bond motifs is 1. The summed E-state index contributed by atoms with van der Waals surface area (Å²) in [5, 5.41) is 9.35. The molecule has 0 unspecified atom stereocenters. The molecule has 3 heterocycles. The zero-order valence-corrected chi connectivity index (χ0v) is 19.4. The average Bonchev–Trinajstić information content (AvgIpc) is 3.45. The summed E-state index contributed by atoms with van der Waals surface area (Å²) in [4.78, 5) is 39.2. The van der Waals surface area contributed by atoms with E-state index < -0.39 is 0 Å². The number of likely N-dealkylation sites (tertiary alicyclic amines) is 1. The molecule has 178 valence electrons. The zero-order valence-electron chi connectivity index (χ0n) is 19.4. The number of aromatic nitrogens is 4. The van der Waals surface area contributed by atoms with E-state index in [0.29, 0.717) is 48.1 Å². The molecule has 1 saturated heterocycles. The predicted molar refractivity (Wildman–Crippen MR) is 135 cm³/mol. The predicted octanol–water partition coefficient (Wildman–Crippen LogP) is 3.89. The molecule has 0 atom stereocenters. The normalized spacial score (nSPS) is 13.3. The second-order valence-electron chi connectivity index (χ2n) is 8.36. The topological polar surface area (TPSA) is 117 Å². The molecule has 4 aromatic rings. The number of nitrogens with zero attached hydrogens (tertiary/aromatic N) is 5. The van der Waals surface area contributed by atoms with Gasteiger partial charge in [0, 0.05) is 50.0 Å². The molecule has 0 spiro atoms. The van der Waals surface area contributed by atoms with Crippen LogP contribution in [-0.4, -0.2) is 49.3 Å². The Bertz CT molecular complexity index is 1350. The van der Waals surface area contributed by atoms with Crippen LogP contribution in [-0.2, 0) is 16.1 Å². The fraction of sp³-hybridized carbons (Fsp3) is 0.240. The van der Waals surface area contributed by atoms with E-state index in [1.54, 1.807) is 6.33 Å². The minimum Gasteiger partial charge on any atom is -0.341 e. The third-order valence-electron chi connectivity index (χ3n) is 5.74. The molecule has 0 radical (unpaired) electrons. The van der Waals surface area contributed by atoms with Gasteiger partial charge in [0.05, 0.1) is 6.33 Å². The Labute approximate surface area is 202 Å². The van der Waals surface area contributed by atoms with E-state index in [9.17, 15) is 9.59 Å². The van der Waals surface area contributed by atoms with Crippen molar-refractivity contribution in [3.8, 4) is 0 Å². The van der Waals surface area contributed by atoms with Crippen molar-refractivity contribution in [2.45, 2.75) is 26.3 Å². The van der Waals surface area contributed by atoms with Gasteiger partial charge in [-0.25, -0.2) is 4.98 Å². The van der Waals surface area contributed by atoms with Crippen LogP contribution in [0.3, 0.4) is 0 Å². The van der Waals surface area contributed by atoms with Crippen LogP contribution in [0.5, 0.6) is 0 Å². The number of amides is 2. The number of imidazole rings is 1. The Kier molecular flexibility index (Phi) is 6.25. The second-order valence-corrected chi connectivity index (χ2v) is 8.36. The van der Waals surface area contributed by atoms with E-state index in [1.165, 1.54) is 6.92 Å². The van der Waals surface area contributed by atoms with Gasteiger partial charge >= 0.3 is 0 Å². The van der Waals surface area contributed by atoms with Gasteiger partial charge in [-0.15, -0.1) is 0 Å². The highest BCUT2D eigenvalue weighted by atomic mass is 16.2. The van der Waals surface area contributed by atoms with Gasteiger partial charge in [-0.05, 0) is 42.8 Å². The molecule has 1 fully saturated rings. The third-order valence-corrected chi connectivity index (χ3v) is 5.74. The van der Waals surface area contributed by atoms with Crippen LogP contribution in [0.15, 0.2) is 60.9 Å². The standard InChI is InChI=1S/C25H26N8O2/c1-17(34)27-19-9-11-20(12-10-19)28-23-22-24(31-25(30-23)29-18-6-3-2-4-7-18)33(16-26-22)15-14-32-13-5-8-21(32)35/h2-4,6-7,9-12,16H,5,8,13-15H2,1H3,(H,27,34)(H2,28,29,30,31). The van der Waals surface area contributed by atoms with Crippen LogP contribution < -0.4 is 16.0 Å². The molecule has 0 saturated carbocycles. The van der Waals surface area contributed by atoms with Crippen molar-refractivity contribution in [1.82, 2.24) is 24.4 Å². The number of anilines is 5. The summed E-state index contributed by atoms with van der Waals surface area (Å²) in [6.45, 7) is 3.47. The number of benzene rings is 2. The minimum atomic E-state index is -0.124. The number of hydrogen-bond donors (Lipinski definition) is 3. The maximum atomic E-state index is 12.0. The summed E-state index contributed by atoms with van der Waals surface area (Å²) in [5.74, 6) is 1.05. The Hall–Kier alpha value is -4.47. The van der Waals surface area contributed by atoms with E-state index in [0.717, 1.165) is 24.3 Å². The first-order valence-electron chi connectivity index (χ1n) is 11.5. The lowest BCUT2D eigenvalue weighted by molar-refractivity contribution is -0.127. The smallest absolute Gasteiger partial charge is 0.231 e. The molecule has 2 amide bonds. The summed E-state index contributed by atoms with van der Waals surface area (Å²) in [6.07, 6.45) is 3.26. The molecule has 3 N–H and O–H groups in total. The van der Waals surface area contributed by atoms with Crippen molar-refractivity contribution in [2.75, 3.05) is 29.0 Å². The average molecular weight is 471 g/mol. The summed E-state index contributed by atoms with van der Waals surface area (Å²) in [7, 11) is 0. The quantitative estimate of drug-likeness (QED) is 0.358. The SMILES string of the molecule is CC(=O)Nc1ccc(Nc2nc(Nc3ccccc3)nc3c2ncn3CCN2CCCC2=O)cc1. The molecule has 1 aliphatic rings. The molecule has 1 aliphatic heterocycles.